The topological polar surface area (TPSA) is 77.4 Å². The number of aliphatic carboxylic acids is 2. The molecule has 0 rings (SSSR count). The number of carboxylic acid groups (broad SMARTS) is 2. The second kappa shape index (κ2) is 31.1. The summed E-state index contributed by atoms with van der Waals surface area (Å²) in [5.74, 6) is -1.58. The zero-order chi connectivity index (χ0) is 22.0. The van der Waals surface area contributed by atoms with Crippen molar-refractivity contribution in [1.82, 2.24) is 0 Å². The van der Waals surface area contributed by atoms with E-state index in [-0.39, 0.29) is 36.0 Å². The van der Waals surface area contributed by atoms with Crippen LogP contribution in [0.25, 0.3) is 0 Å². The third-order valence-corrected chi connectivity index (χ3v) is 5.23. The third-order valence-electron chi connectivity index (χ3n) is 5.23. The van der Waals surface area contributed by atoms with Gasteiger partial charge in [0.05, 0.1) is 0 Å². The molecule has 174 valence electrons. The molecular weight excluding hydrogens is 387 g/mol. The van der Waals surface area contributed by atoms with Crippen LogP contribution in [0, 0.1) is 0 Å². The number of unbranched alkanes of at least 4 members (excludes halogenated alkanes) is 17. The molecule has 4 nitrogen and oxygen atoms in total. The Balaban J connectivity index is -0.000000616. The minimum atomic E-state index is -0.925. The van der Waals surface area contributed by atoms with Crippen molar-refractivity contribution in [3.8, 4) is 0 Å². The molecule has 0 aromatic carbocycles. The maximum absolute atomic E-state index is 10.3. The summed E-state index contributed by atoms with van der Waals surface area (Å²) in [5, 5.41) is 18.4. The Morgan fingerprint density at radius 2 is 0.800 bits per heavy atom. The van der Waals surface area contributed by atoms with E-state index >= 15 is 0 Å². The minimum Gasteiger partial charge on any atom is -0.550 e. The molecule has 0 atom stereocenters. The van der Waals surface area contributed by atoms with Crippen molar-refractivity contribution in [2.45, 2.75) is 149 Å². The summed E-state index contributed by atoms with van der Waals surface area (Å²) in [6, 6.07) is 0. The predicted octanol–water partition coefficient (Wildman–Crippen LogP) is 4.04. The van der Waals surface area contributed by atoms with Gasteiger partial charge < -0.3 is 15.0 Å². The van der Waals surface area contributed by atoms with Crippen LogP contribution in [0.5, 0.6) is 0 Å². The quantitative estimate of drug-likeness (QED) is 0.218. The fraction of sp³-hybridized carbons (Fsp3) is 0.920. The SMILES string of the molecule is CCCCCCC(=O)[O-].CCCCCCCCCCCCCCCCCC(=O)O.[Na+]. The van der Waals surface area contributed by atoms with Gasteiger partial charge in [-0.25, -0.2) is 0 Å². The largest absolute Gasteiger partial charge is 1.00 e. The molecule has 0 aliphatic carbocycles. The van der Waals surface area contributed by atoms with Crippen molar-refractivity contribution in [3.05, 3.63) is 0 Å². The van der Waals surface area contributed by atoms with Crippen molar-refractivity contribution in [2.75, 3.05) is 0 Å². The molecule has 0 heterocycles. The fourth-order valence-corrected chi connectivity index (χ4v) is 3.34. The molecule has 0 saturated carbocycles. The first-order valence-electron chi connectivity index (χ1n) is 12.5. The summed E-state index contributed by atoms with van der Waals surface area (Å²) in [5.41, 5.74) is 0. The first-order chi connectivity index (χ1) is 14.0. The van der Waals surface area contributed by atoms with E-state index in [1.54, 1.807) is 0 Å². The summed E-state index contributed by atoms with van der Waals surface area (Å²) < 4.78 is 0. The molecule has 0 spiro atoms. The molecule has 0 bridgehead atoms. The predicted molar refractivity (Wildman–Crippen MR) is 121 cm³/mol. The first kappa shape index (κ1) is 34.6. The van der Waals surface area contributed by atoms with Crippen LogP contribution in [0.4, 0.5) is 0 Å². The number of carbonyl (C=O) groups is 2. The van der Waals surface area contributed by atoms with Crippen molar-refractivity contribution < 1.29 is 49.4 Å². The van der Waals surface area contributed by atoms with E-state index in [2.05, 4.69) is 13.8 Å². The van der Waals surface area contributed by atoms with Crippen LogP contribution in [0.2, 0.25) is 0 Å². The van der Waals surface area contributed by atoms with Crippen LogP contribution < -0.4 is 34.7 Å². The van der Waals surface area contributed by atoms with Crippen LogP contribution in [0.1, 0.15) is 149 Å². The molecular formula is C25H49NaO4. The fourth-order valence-electron chi connectivity index (χ4n) is 3.34. The maximum Gasteiger partial charge on any atom is 1.00 e. The van der Waals surface area contributed by atoms with Gasteiger partial charge in [-0.2, -0.15) is 0 Å². The summed E-state index contributed by atoms with van der Waals surface area (Å²) in [7, 11) is 0. The van der Waals surface area contributed by atoms with Gasteiger partial charge in [0.1, 0.15) is 0 Å². The molecule has 1 N–H and O–H groups in total. The van der Waals surface area contributed by atoms with Crippen LogP contribution >= 0.6 is 0 Å². The Bertz CT molecular complexity index is 348. The van der Waals surface area contributed by atoms with Gasteiger partial charge in [-0.05, 0) is 19.3 Å². The smallest absolute Gasteiger partial charge is 0.550 e. The zero-order valence-corrected chi connectivity index (χ0v) is 22.5. The van der Waals surface area contributed by atoms with Gasteiger partial charge in [-0.15, -0.1) is 0 Å². The number of rotatable bonds is 21. The van der Waals surface area contributed by atoms with E-state index in [0.717, 1.165) is 38.5 Å². The maximum atomic E-state index is 10.3. The summed E-state index contributed by atoms with van der Waals surface area (Å²) in [6.07, 6.45) is 24.5. The number of carboxylic acids is 2. The van der Waals surface area contributed by atoms with Gasteiger partial charge in [0.25, 0.3) is 0 Å². The van der Waals surface area contributed by atoms with Gasteiger partial charge >= 0.3 is 35.5 Å². The number of carbonyl (C=O) groups excluding carboxylic acids is 1. The Morgan fingerprint density at radius 3 is 1.10 bits per heavy atom. The van der Waals surface area contributed by atoms with Crippen molar-refractivity contribution in [3.63, 3.8) is 0 Å². The first-order valence-corrected chi connectivity index (χ1v) is 12.5. The molecule has 5 heteroatoms. The van der Waals surface area contributed by atoms with E-state index in [1.807, 2.05) is 0 Å². The standard InChI is InChI=1S/C18H36O2.C7H14O2.Na/c1-2-3-4-5-6-7-8-9-10-11-12-13-14-15-16-17-18(19)20;1-2-3-4-5-6-7(8)9;/h2-17H2,1H3,(H,19,20);2-6H2,1H3,(H,8,9);/q;;+1/p-1. The molecule has 0 aliphatic heterocycles. The Labute approximate surface area is 209 Å². The van der Waals surface area contributed by atoms with Gasteiger partial charge in [0.15, 0.2) is 0 Å². The van der Waals surface area contributed by atoms with Crippen molar-refractivity contribution in [1.29, 1.82) is 0 Å². The van der Waals surface area contributed by atoms with E-state index < -0.39 is 11.9 Å². The molecule has 0 unspecified atom stereocenters. The van der Waals surface area contributed by atoms with E-state index in [1.165, 1.54) is 83.5 Å². The Kier molecular flexibility index (Phi) is 35.8. The molecule has 0 amide bonds. The molecule has 0 radical (unpaired) electrons. The zero-order valence-electron chi connectivity index (χ0n) is 20.5. The van der Waals surface area contributed by atoms with Crippen molar-refractivity contribution in [2.24, 2.45) is 0 Å². The van der Waals surface area contributed by atoms with Crippen LogP contribution in [0.15, 0.2) is 0 Å². The average Bonchev–Trinajstić information content (AvgIpc) is 2.68. The normalized spacial score (nSPS) is 10.1. The third kappa shape index (κ3) is 38.5. The number of hydrogen-bond donors (Lipinski definition) is 1. The monoisotopic (exact) mass is 436 g/mol. The molecule has 0 aromatic heterocycles. The van der Waals surface area contributed by atoms with Crippen LogP contribution in [-0.4, -0.2) is 17.0 Å². The van der Waals surface area contributed by atoms with E-state index in [4.69, 9.17) is 5.11 Å². The van der Waals surface area contributed by atoms with E-state index in [0.29, 0.717) is 6.42 Å². The van der Waals surface area contributed by atoms with Gasteiger partial charge in [-0.1, -0.05) is 123 Å². The molecule has 30 heavy (non-hydrogen) atoms. The van der Waals surface area contributed by atoms with E-state index in [9.17, 15) is 14.7 Å². The summed E-state index contributed by atoms with van der Waals surface area (Å²) >= 11 is 0. The van der Waals surface area contributed by atoms with Gasteiger partial charge in [-0.3, -0.25) is 4.79 Å². The van der Waals surface area contributed by atoms with Crippen LogP contribution in [0.3, 0.4) is 0 Å². The minimum absolute atomic E-state index is 0. The molecule has 0 aliphatic rings. The summed E-state index contributed by atoms with van der Waals surface area (Å²) in [6.45, 7) is 4.37. The molecule has 0 saturated heterocycles. The van der Waals surface area contributed by atoms with Crippen molar-refractivity contribution >= 4 is 11.9 Å². The van der Waals surface area contributed by atoms with Crippen LogP contribution in [-0.2, 0) is 9.59 Å². The second-order valence-corrected chi connectivity index (χ2v) is 8.28. The Hall–Kier alpha value is -0.0600. The Morgan fingerprint density at radius 1 is 0.533 bits per heavy atom. The average molecular weight is 437 g/mol. The number of hydrogen-bond acceptors (Lipinski definition) is 3. The second-order valence-electron chi connectivity index (χ2n) is 8.28. The summed E-state index contributed by atoms with van der Waals surface area (Å²) in [4.78, 5) is 20.2. The van der Waals surface area contributed by atoms with Gasteiger partial charge in [0, 0.05) is 12.4 Å². The molecule has 0 aromatic rings. The van der Waals surface area contributed by atoms with Gasteiger partial charge in [0.2, 0.25) is 0 Å². The molecule has 0 fully saturated rings.